The van der Waals surface area contributed by atoms with Crippen LogP contribution in [0.4, 0.5) is 0 Å². The second-order valence-electron chi connectivity index (χ2n) is 5.53. The molecule has 2 N–H and O–H groups in total. The number of nitrogens with one attached hydrogen (secondary N) is 2. The maximum absolute atomic E-state index is 5.79. The van der Waals surface area contributed by atoms with Gasteiger partial charge in [-0.25, -0.2) is 0 Å². The summed E-state index contributed by atoms with van der Waals surface area (Å²) in [5.74, 6) is 0. The Bertz CT molecular complexity index is 597. The minimum atomic E-state index is 0.264. The number of aromatic amines is 1. The van der Waals surface area contributed by atoms with E-state index in [2.05, 4.69) is 62.8 Å². The fraction of sp³-hybridized carbons (Fsp3) is 0.412. The lowest BCUT2D eigenvalue weighted by atomic mass is 10.1. The Morgan fingerprint density at radius 3 is 2.77 bits per heavy atom. The summed E-state index contributed by atoms with van der Waals surface area (Å²) in [6, 6.07) is 10.9. The monoisotopic (exact) mass is 364 g/mol. The van der Waals surface area contributed by atoms with Gasteiger partial charge in [0.2, 0.25) is 0 Å². The summed E-state index contributed by atoms with van der Waals surface area (Å²) in [4.78, 5) is 3.39. The van der Waals surface area contributed by atoms with Gasteiger partial charge in [-0.2, -0.15) is 0 Å². The number of hydrogen-bond donors (Lipinski definition) is 2. The number of ether oxygens (including phenoxy) is 2. The van der Waals surface area contributed by atoms with Crippen molar-refractivity contribution in [2.45, 2.75) is 18.6 Å². The largest absolute Gasteiger partial charge is 0.382 e. The Hall–Kier alpha value is -1.14. The van der Waals surface area contributed by atoms with E-state index in [1.54, 1.807) is 7.11 Å². The number of benzene rings is 1. The standard InChI is InChI=1S/C17H21BrN2O2/c1-21-6-7-22-15-9-17(20-11-15)16-8-13(10-19-16)12-2-4-14(18)5-3-12/h2-5,8,10,15,17,19-20H,6-7,9,11H2,1H3/t15-,17-/m0/s1. The first-order valence-electron chi connectivity index (χ1n) is 7.54. The number of aromatic nitrogens is 1. The minimum Gasteiger partial charge on any atom is -0.382 e. The van der Waals surface area contributed by atoms with Gasteiger partial charge in [-0.15, -0.1) is 0 Å². The van der Waals surface area contributed by atoms with E-state index in [0.29, 0.717) is 19.3 Å². The molecule has 0 amide bonds. The second kappa shape index (κ2) is 7.42. The van der Waals surface area contributed by atoms with Crippen molar-refractivity contribution >= 4 is 15.9 Å². The number of rotatable bonds is 6. The zero-order valence-electron chi connectivity index (χ0n) is 12.6. The Kier molecular flexibility index (Phi) is 5.31. The summed E-state index contributed by atoms with van der Waals surface area (Å²) in [6.45, 7) is 2.20. The van der Waals surface area contributed by atoms with Gasteiger partial charge >= 0.3 is 0 Å². The molecule has 5 heteroatoms. The van der Waals surface area contributed by atoms with Crippen molar-refractivity contribution in [3.8, 4) is 11.1 Å². The highest BCUT2D eigenvalue weighted by molar-refractivity contribution is 9.10. The Labute approximate surface area is 139 Å². The van der Waals surface area contributed by atoms with Crippen LogP contribution in [0.5, 0.6) is 0 Å². The van der Waals surface area contributed by atoms with Crippen LogP contribution in [-0.2, 0) is 9.47 Å². The summed E-state index contributed by atoms with van der Waals surface area (Å²) >= 11 is 3.47. The van der Waals surface area contributed by atoms with E-state index in [4.69, 9.17) is 9.47 Å². The number of halogens is 1. The third-order valence-electron chi connectivity index (χ3n) is 3.99. The van der Waals surface area contributed by atoms with Crippen LogP contribution in [0.2, 0.25) is 0 Å². The van der Waals surface area contributed by atoms with Crippen molar-refractivity contribution < 1.29 is 9.47 Å². The first kappa shape index (κ1) is 15.7. The van der Waals surface area contributed by atoms with Gasteiger partial charge in [0, 0.05) is 36.1 Å². The molecule has 3 rings (SSSR count). The predicted molar refractivity (Wildman–Crippen MR) is 90.9 cm³/mol. The summed E-state index contributed by atoms with van der Waals surface area (Å²) in [7, 11) is 1.70. The lowest BCUT2D eigenvalue weighted by Gasteiger charge is -2.10. The number of hydrogen-bond acceptors (Lipinski definition) is 3. The molecular formula is C17H21BrN2O2. The van der Waals surface area contributed by atoms with Gasteiger partial charge in [-0.1, -0.05) is 28.1 Å². The molecule has 0 radical (unpaired) electrons. The lowest BCUT2D eigenvalue weighted by molar-refractivity contribution is 0.0260. The van der Waals surface area contributed by atoms with Gasteiger partial charge in [0.05, 0.1) is 19.3 Å². The van der Waals surface area contributed by atoms with Crippen LogP contribution in [0, 0.1) is 0 Å². The molecule has 22 heavy (non-hydrogen) atoms. The average molecular weight is 365 g/mol. The highest BCUT2D eigenvalue weighted by Crippen LogP contribution is 2.29. The van der Waals surface area contributed by atoms with Crippen molar-refractivity contribution in [2.24, 2.45) is 0 Å². The van der Waals surface area contributed by atoms with E-state index in [9.17, 15) is 0 Å². The summed E-state index contributed by atoms with van der Waals surface area (Å²) in [5, 5.41) is 3.52. The molecular weight excluding hydrogens is 344 g/mol. The fourth-order valence-electron chi connectivity index (χ4n) is 2.79. The van der Waals surface area contributed by atoms with Crippen LogP contribution in [0.25, 0.3) is 11.1 Å². The second-order valence-corrected chi connectivity index (χ2v) is 6.45. The molecule has 0 unspecified atom stereocenters. The SMILES string of the molecule is COCCO[C@@H]1CN[C@H](c2cc(-c3ccc(Br)cc3)c[nH]2)C1. The summed E-state index contributed by atoms with van der Waals surface area (Å²) in [6.07, 6.45) is 3.32. The van der Waals surface area contributed by atoms with E-state index < -0.39 is 0 Å². The zero-order chi connectivity index (χ0) is 15.4. The van der Waals surface area contributed by atoms with Gasteiger partial charge in [-0.3, -0.25) is 0 Å². The topological polar surface area (TPSA) is 46.3 Å². The molecule has 2 atom stereocenters. The minimum absolute atomic E-state index is 0.264. The quantitative estimate of drug-likeness (QED) is 0.771. The van der Waals surface area contributed by atoms with E-state index in [0.717, 1.165) is 17.4 Å². The molecule has 4 nitrogen and oxygen atoms in total. The number of H-pyrrole nitrogens is 1. The first-order valence-corrected chi connectivity index (χ1v) is 8.33. The van der Waals surface area contributed by atoms with Crippen LogP contribution in [0.15, 0.2) is 41.0 Å². The Balaban J connectivity index is 1.61. The van der Waals surface area contributed by atoms with Crippen LogP contribution < -0.4 is 5.32 Å². The van der Waals surface area contributed by atoms with Crippen LogP contribution in [0.3, 0.4) is 0 Å². The van der Waals surface area contributed by atoms with Crippen LogP contribution in [-0.4, -0.2) is 38.0 Å². The van der Waals surface area contributed by atoms with E-state index >= 15 is 0 Å². The normalized spacial score (nSPS) is 21.4. The highest BCUT2D eigenvalue weighted by Gasteiger charge is 2.26. The lowest BCUT2D eigenvalue weighted by Crippen LogP contribution is -2.19. The molecule has 1 aromatic heterocycles. The third kappa shape index (κ3) is 3.79. The van der Waals surface area contributed by atoms with Crippen molar-refractivity contribution in [1.29, 1.82) is 0 Å². The van der Waals surface area contributed by atoms with Gasteiger partial charge in [-0.05, 0) is 35.7 Å². The molecule has 2 heterocycles. The van der Waals surface area contributed by atoms with Crippen LogP contribution in [0.1, 0.15) is 18.2 Å². The van der Waals surface area contributed by atoms with Crippen molar-refractivity contribution in [3.63, 3.8) is 0 Å². The highest BCUT2D eigenvalue weighted by atomic mass is 79.9. The van der Waals surface area contributed by atoms with Gasteiger partial charge in [0.25, 0.3) is 0 Å². The van der Waals surface area contributed by atoms with E-state index in [1.165, 1.54) is 16.8 Å². The molecule has 1 aliphatic rings. The van der Waals surface area contributed by atoms with Crippen molar-refractivity contribution in [1.82, 2.24) is 10.3 Å². The summed E-state index contributed by atoms with van der Waals surface area (Å²) in [5.41, 5.74) is 3.65. The molecule has 118 valence electrons. The molecule has 1 fully saturated rings. The molecule has 1 aliphatic heterocycles. The molecule has 1 saturated heterocycles. The first-order chi connectivity index (χ1) is 10.8. The zero-order valence-corrected chi connectivity index (χ0v) is 14.2. The Morgan fingerprint density at radius 1 is 1.18 bits per heavy atom. The predicted octanol–water partition coefficient (Wildman–Crippen LogP) is 3.51. The van der Waals surface area contributed by atoms with Crippen molar-refractivity contribution in [3.05, 3.63) is 46.7 Å². The van der Waals surface area contributed by atoms with E-state index in [1.807, 2.05) is 0 Å². The molecule has 0 bridgehead atoms. The number of methoxy groups -OCH3 is 1. The van der Waals surface area contributed by atoms with Gasteiger partial charge in [0.1, 0.15) is 0 Å². The molecule has 0 aliphatic carbocycles. The third-order valence-corrected chi connectivity index (χ3v) is 4.52. The average Bonchev–Trinajstić information content (AvgIpc) is 3.17. The van der Waals surface area contributed by atoms with Crippen molar-refractivity contribution in [2.75, 3.05) is 26.9 Å². The molecule has 0 spiro atoms. The van der Waals surface area contributed by atoms with Gasteiger partial charge < -0.3 is 19.8 Å². The van der Waals surface area contributed by atoms with Gasteiger partial charge in [0.15, 0.2) is 0 Å². The Morgan fingerprint density at radius 2 is 2.00 bits per heavy atom. The maximum atomic E-state index is 5.79. The molecule has 1 aromatic carbocycles. The smallest absolute Gasteiger partial charge is 0.0719 e. The fourth-order valence-corrected chi connectivity index (χ4v) is 3.05. The maximum Gasteiger partial charge on any atom is 0.0719 e. The molecule has 0 saturated carbocycles. The van der Waals surface area contributed by atoms with Crippen LogP contribution >= 0.6 is 15.9 Å². The summed E-state index contributed by atoms with van der Waals surface area (Å²) < 4.78 is 11.9. The van der Waals surface area contributed by atoms with E-state index in [-0.39, 0.29) is 6.10 Å². The molecule has 2 aromatic rings.